The van der Waals surface area contributed by atoms with Gasteiger partial charge in [0, 0.05) is 20.3 Å². The van der Waals surface area contributed by atoms with Gasteiger partial charge >= 0.3 is 8.56 Å². The van der Waals surface area contributed by atoms with Crippen LogP contribution in [-0.4, -0.2) is 60.4 Å². The van der Waals surface area contributed by atoms with Gasteiger partial charge in [-0.3, -0.25) is 0 Å². The molecule has 0 aromatic rings. The fourth-order valence-electron chi connectivity index (χ4n) is 4.40. The first-order chi connectivity index (χ1) is 14.9. The van der Waals surface area contributed by atoms with E-state index in [2.05, 4.69) is 21.0 Å². The number of hydrogen-bond acceptors (Lipinski definition) is 3. The van der Waals surface area contributed by atoms with E-state index < -0.39 is 8.56 Å². The third-order valence-corrected chi connectivity index (χ3v) is 9.57. The lowest BCUT2D eigenvalue weighted by Gasteiger charge is -2.31. The number of quaternary nitrogens is 1. The predicted molar refractivity (Wildman–Crippen MR) is 137 cm³/mol. The summed E-state index contributed by atoms with van der Waals surface area (Å²) < 4.78 is 11.8. The number of unbranched alkanes of at least 4 members (excludes halogenated alkanes) is 15. The molecule has 0 amide bonds. The third kappa shape index (κ3) is 17.9. The molecule has 0 radical (unpaired) electrons. The molecule has 0 bridgehead atoms. The molecule has 0 saturated carbocycles. The molecule has 0 N–H and O–H groups in total. The highest BCUT2D eigenvalue weighted by molar-refractivity contribution is 6.91. The molecular formula is C26H56NO3Si+. The lowest BCUT2D eigenvalue weighted by atomic mass is 10.0. The number of hydrogen-bond donors (Lipinski definition) is 0. The molecule has 0 aliphatic carbocycles. The summed E-state index contributed by atoms with van der Waals surface area (Å²) in [7, 11) is 5.21. The first-order valence-corrected chi connectivity index (χ1v) is 15.4. The molecule has 186 valence electrons. The van der Waals surface area contributed by atoms with Gasteiger partial charge in [0.1, 0.15) is 0 Å². The zero-order chi connectivity index (χ0) is 23.3. The van der Waals surface area contributed by atoms with Crippen LogP contribution in [0.4, 0.5) is 0 Å². The van der Waals surface area contributed by atoms with Gasteiger partial charge in [-0.2, -0.15) is 0 Å². The van der Waals surface area contributed by atoms with Crippen molar-refractivity contribution in [1.82, 2.24) is 0 Å². The van der Waals surface area contributed by atoms with Gasteiger partial charge in [0.15, 0.2) is 5.91 Å². The summed E-state index contributed by atoms with van der Waals surface area (Å²) in [5.41, 5.74) is 0. The van der Waals surface area contributed by atoms with Gasteiger partial charge in [0.25, 0.3) is 0 Å². The second kappa shape index (κ2) is 20.4. The smallest absolute Gasteiger partial charge is 0.393 e. The van der Waals surface area contributed by atoms with Crippen molar-refractivity contribution >= 4 is 14.5 Å². The van der Waals surface area contributed by atoms with E-state index in [1.54, 1.807) is 14.2 Å². The fraction of sp³-hybridized carbons (Fsp3) is 0.962. The number of rotatable bonds is 24. The van der Waals surface area contributed by atoms with E-state index in [0.29, 0.717) is 0 Å². The maximum Gasteiger partial charge on any atom is 0.406 e. The Morgan fingerprint density at radius 2 is 0.968 bits per heavy atom. The topological polar surface area (TPSA) is 35.5 Å². The van der Waals surface area contributed by atoms with E-state index in [0.717, 1.165) is 29.4 Å². The normalized spacial score (nSPS) is 12.4. The molecule has 0 spiro atoms. The summed E-state index contributed by atoms with van der Waals surface area (Å²) in [5.74, 6) is 0.919. The van der Waals surface area contributed by atoms with Crippen molar-refractivity contribution < 1.29 is 18.1 Å². The van der Waals surface area contributed by atoms with Crippen LogP contribution in [0.15, 0.2) is 0 Å². The predicted octanol–water partition coefficient (Wildman–Crippen LogP) is 7.22. The van der Waals surface area contributed by atoms with Crippen LogP contribution in [0, 0.1) is 0 Å². The van der Waals surface area contributed by atoms with Crippen LogP contribution in [0.3, 0.4) is 0 Å². The minimum atomic E-state index is -2.58. The molecule has 0 aromatic heterocycles. The van der Waals surface area contributed by atoms with Crippen molar-refractivity contribution in [2.75, 3.05) is 41.4 Å². The summed E-state index contributed by atoms with van der Waals surface area (Å²) in [5, 5.41) is 0. The van der Waals surface area contributed by atoms with Crippen molar-refractivity contribution in [2.45, 2.75) is 122 Å². The van der Waals surface area contributed by atoms with Gasteiger partial charge in [0.05, 0.1) is 27.2 Å². The average Bonchev–Trinajstić information content (AvgIpc) is 2.76. The molecular weight excluding hydrogens is 402 g/mol. The van der Waals surface area contributed by atoms with E-state index in [-0.39, 0.29) is 0 Å². The molecule has 0 unspecified atom stereocenters. The summed E-state index contributed by atoms with van der Waals surface area (Å²) in [6.45, 7) is 4.58. The van der Waals surface area contributed by atoms with Gasteiger partial charge < -0.3 is 18.1 Å². The number of carbonyl (C=O) groups is 1. The molecule has 0 saturated heterocycles. The summed E-state index contributed by atoms with van der Waals surface area (Å²) in [4.78, 5) is 11.3. The highest BCUT2D eigenvalue weighted by atomic mass is 28.4. The quantitative estimate of drug-likeness (QED) is 0.0662. The van der Waals surface area contributed by atoms with Crippen LogP contribution in [0.2, 0.25) is 6.04 Å². The highest BCUT2D eigenvalue weighted by Crippen LogP contribution is 2.16. The lowest BCUT2D eigenvalue weighted by molar-refractivity contribution is -0.890. The Bertz CT molecular complexity index is 400. The Kier molecular flexibility index (Phi) is 20.2. The van der Waals surface area contributed by atoms with Crippen molar-refractivity contribution in [3.63, 3.8) is 0 Å². The molecule has 5 heteroatoms. The van der Waals surface area contributed by atoms with E-state index in [9.17, 15) is 4.79 Å². The zero-order valence-electron chi connectivity index (χ0n) is 21.9. The van der Waals surface area contributed by atoms with Gasteiger partial charge in [-0.15, -0.1) is 0 Å². The standard InChI is InChI=1S/C26H56NO3Si/c1-6-7-8-9-10-11-12-13-14-15-16-17-18-19-20-21-23-27(2,3)24-22-25-31(26-28,29-4)30-5/h26H,6-25H2,1-5H3/q+1. The number of nitrogens with zero attached hydrogens (tertiary/aromatic N) is 1. The third-order valence-electron chi connectivity index (χ3n) is 6.78. The Morgan fingerprint density at radius 3 is 1.32 bits per heavy atom. The minimum Gasteiger partial charge on any atom is -0.393 e. The van der Waals surface area contributed by atoms with E-state index in [1.807, 2.05) is 0 Å². The molecule has 31 heavy (non-hydrogen) atoms. The van der Waals surface area contributed by atoms with E-state index in [4.69, 9.17) is 8.85 Å². The Labute approximate surface area is 196 Å². The van der Waals surface area contributed by atoms with Gasteiger partial charge in [-0.05, 0) is 19.3 Å². The van der Waals surface area contributed by atoms with E-state index in [1.165, 1.54) is 109 Å². The van der Waals surface area contributed by atoms with Crippen LogP contribution in [0.1, 0.15) is 116 Å². The second-order valence-electron chi connectivity index (χ2n) is 10.1. The van der Waals surface area contributed by atoms with Crippen LogP contribution in [-0.2, 0) is 13.6 Å². The van der Waals surface area contributed by atoms with Crippen LogP contribution in [0.5, 0.6) is 0 Å². The van der Waals surface area contributed by atoms with Crippen molar-refractivity contribution in [1.29, 1.82) is 0 Å². The molecule has 0 heterocycles. The van der Waals surface area contributed by atoms with Gasteiger partial charge in [-0.1, -0.05) is 96.8 Å². The Morgan fingerprint density at radius 1 is 0.613 bits per heavy atom. The van der Waals surface area contributed by atoms with Crippen molar-refractivity contribution in [2.24, 2.45) is 0 Å². The number of carbonyl (C=O) groups excluding carboxylic acids is 1. The Hall–Kier alpha value is -0.233. The average molecular weight is 459 g/mol. The van der Waals surface area contributed by atoms with Crippen LogP contribution < -0.4 is 0 Å². The SMILES string of the molecule is CCCCCCCCCCCCCCCCCC[N+](C)(C)CCC[Si](C=O)(OC)OC. The molecule has 0 aromatic carbocycles. The Balaban J connectivity index is 3.48. The lowest BCUT2D eigenvalue weighted by Crippen LogP contribution is -2.45. The summed E-state index contributed by atoms with van der Waals surface area (Å²) in [6.07, 6.45) is 23.6. The molecule has 0 fully saturated rings. The maximum absolute atomic E-state index is 11.3. The largest absolute Gasteiger partial charge is 0.406 e. The molecule has 0 aliphatic rings. The van der Waals surface area contributed by atoms with Crippen LogP contribution in [0.25, 0.3) is 0 Å². The molecule has 0 atom stereocenters. The summed E-state index contributed by atoms with van der Waals surface area (Å²) >= 11 is 0. The first kappa shape index (κ1) is 30.8. The zero-order valence-corrected chi connectivity index (χ0v) is 22.9. The van der Waals surface area contributed by atoms with E-state index >= 15 is 0 Å². The van der Waals surface area contributed by atoms with Crippen LogP contribution >= 0.6 is 0 Å². The highest BCUT2D eigenvalue weighted by Gasteiger charge is 2.35. The maximum atomic E-state index is 11.3. The first-order valence-electron chi connectivity index (χ1n) is 13.3. The monoisotopic (exact) mass is 458 g/mol. The second-order valence-corrected chi connectivity index (χ2v) is 13.3. The molecule has 0 rings (SSSR count). The fourth-order valence-corrected chi connectivity index (χ4v) is 5.93. The molecule has 4 nitrogen and oxygen atoms in total. The summed E-state index contributed by atoms with van der Waals surface area (Å²) in [6, 6.07) is 0.754. The van der Waals surface area contributed by atoms with Crippen molar-refractivity contribution in [3.8, 4) is 0 Å². The van der Waals surface area contributed by atoms with Crippen molar-refractivity contribution in [3.05, 3.63) is 0 Å². The molecule has 0 aliphatic heterocycles. The minimum absolute atomic E-state index is 0.754. The van der Waals surface area contributed by atoms with Gasteiger partial charge in [0.2, 0.25) is 0 Å². The van der Waals surface area contributed by atoms with Gasteiger partial charge in [-0.25, -0.2) is 0 Å².